The lowest BCUT2D eigenvalue weighted by molar-refractivity contribution is 0.213. The fourth-order valence-electron chi connectivity index (χ4n) is 3.31. The van der Waals surface area contributed by atoms with Gasteiger partial charge in [-0.1, -0.05) is 19.3 Å². The van der Waals surface area contributed by atoms with Crippen LogP contribution in [0.25, 0.3) is 0 Å². The Labute approximate surface area is 94.2 Å². The van der Waals surface area contributed by atoms with E-state index in [-0.39, 0.29) is 0 Å². The van der Waals surface area contributed by atoms with Crippen molar-refractivity contribution in [2.75, 3.05) is 26.2 Å². The predicted molar refractivity (Wildman–Crippen MR) is 64.8 cm³/mol. The van der Waals surface area contributed by atoms with Gasteiger partial charge in [-0.15, -0.1) is 0 Å². The second-order valence-corrected chi connectivity index (χ2v) is 5.40. The summed E-state index contributed by atoms with van der Waals surface area (Å²) in [6.45, 7) is 4.93. The highest BCUT2D eigenvalue weighted by Crippen LogP contribution is 2.31. The van der Waals surface area contributed by atoms with Gasteiger partial charge in [0.15, 0.2) is 0 Å². The van der Waals surface area contributed by atoms with E-state index in [4.69, 9.17) is 5.73 Å². The Kier molecular flexibility index (Phi) is 4.45. The van der Waals surface area contributed by atoms with Crippen molar-refractivity contribution in [2.24, 2.45) is 17.6 Å². The molecule has 0 radical (unpaired) electrons. The number of hydrogen-bond acceptors (Lipinski definition) is 2. The molecule has 1 aliphatic heterocycles. The third-order valence-electron chi connectivity index (χ3n) is 4.31. The molecule has 1 saturated heterocycles. The minimum atomic E-state index is 0.827. The van der Waals surface area contributed by atoms with Crippen molar-refractivity contribution < 1.29 is 0 Å². The topological polar surface area (TPSA) is 29.3 Å². The van der Waals surface area contributed by atoms with Gasteiger partial charge >= 0.3 is 0 Å². The average molecular weight is 210 g/mol. The van der Waals surface area contributed by atoms with Gasteiger partial charge in [0.1, 0.15) is 0 Å². The quantitative estimate of drug-likeness (QED) is 0.774. The van der Waals surface area contributed by atoms with E-state index < -0.39 is 0 Å². The van der Waals surface area contributed by atoms with Crippen LogP contribution >= 0.6 is 0 Å². The van der Waals surface area contributed by atoms with Gasteiger partial charge in [0.25, 0.3) is 0 Å². The number of likely N-dealkylation sites (tertiary alicyclic amines) is 1. The maximum absolute atomic E-state index is 5.84. The van der Waals surface area contributed by atoms with Crippen molar-refractivity contribution in [1.82, 2.24) is 4.90 Å². The molecule has 15 heavy (non-hydrogen) atoms. The van der Waals surface area contributed by atoms with Crippen LogP contribution in [0.5, 0.6) is 0 Å². The van der Waals surface area contributed by atoms with E-state index in [9.17, 15) is 0 Å². The molecule has 2 heteroatoms. The molecule has 0 bridgehead atoms. The van der Waals surface area contributed by atoms with Crippen LogP contribution < -0.4 is 5.73 Å². The summed E-state index contributed by atoms with van der Waals surface area (Å²) < 4.78 is 0. The van der Waals surface area contributed by atoms with Crippen LogP contribution in [-0.4, -0.2) is 31.1 Å². The summed E-state index contributed by atoms with van der Waals surface area (Å²) in [5.74, 6) is 1.74. The monoisotopic (exact) mass is 210 g/mol. The van der Waals surface area contributed by atoms with E-state index in [0.29, 0.717) is 0 Å². The third-order valence-corrected chi connectivity index (χ3v) is 4.31. The van der Waals surface area contributed by atoms with Gasteiger partial charge in [0.05, 0.1) is 0 Å². The molecule has 2 atom stereocenters. The van der Waals surface area contributed by atoms with E-state index in [2.05, 4.69) is 4.90 Å². The first-order valence-electron chi connectivity index (χ1n) is 6.82. The highest BCUT2D eigenvalue weighted by Gasteiger charge is 2.27. The lowest BCUT2D eigenvalue weighted by atomic mass is 9.95. The first-order chi connectivity index (χ1) is 7.40. The zero-order valence-corrected chi connectivity index (χ0v) is 9.96. The highest BCUT2D eigenvalue weighted by molar-refractivity contribution is 4.81. The molecular weight excluding hydrogens is 184 g/mol. The molecular formula is C13H26N2. The van der Waals surface area contributed by atoms with Crippen LogP contribution in [0.1, 0.15) is 44.9 Å². The van der Waals surface area contributed by atoms with Crippen LogP contribution in [0.3, 0.4) is 0 Å². The summed E-state index contributed by atoms with van der Waals surface area (Å²) in [5, 5.41) is 0. The number of nitrogens with zero attached hydrogens (tertiary/aromatic N) is 1. The largest absolute Gasteiger partial charge is 0.330 e. The van der Waals surface area contributed by atoms with Crippen LogP contribution in [0.15, 0.2) is 0 Å². The molecule has 0 amide bonds. The lowest BCUT2D eigenvalue weighted by Gasteiger charge is -2.26. The molecule has 1 heterocycles. The minimum Gasteiger partial charge on any atom is -0.330 e. The van der Waals surface area contributed by atoms with Crippen molar-refractivity contribution in [1.29, 1.82) is 0 Å². The first kappa shape index (κ1) is 11.4. The molecule has 1 saturated carbocycles. The minimum absolute atomic E-state index is 0.827. The summed E-state index contributed by atoms with van der Waals surface area (Å²) in [4.78, 5) is 2.70. The molecule has 2 aliphatic rings. The van der Waals surface area contributed by atoms with Crippen molar-refractivity contribution >= 4 is 0 Å². The standard InChI is InChI=1S/C13H26N2/c14-10-12-6-5-7-13(12)11-15-8-3-1-2-4-9-15/h12-13H,1-11,14H2. The molecule has 2 nitrogen and oxygen atoms in total. The summed E-state index contributed by atoms with van der Waals surface area (Å²) in [6, 6.07) is 0. The van der Waals surface area contributed by atoms with Crippen LogP contribution in [-0.2, 0) is 0 Å². The summed E-state index contributed by atoms with van der Waals surface area (Å²) in [5.41, 5.74) is 5.84. The Balaban J connectivity index is 1.78. The molecule has 0 aromatic heterocycles. The van der Waals surface area contributed by atoms with Crippen molar-refractivity contribution in [3.63, 3.8) is 0 Å². The normalized spacial score (nSPS) is 34.2. The maximum atomic E-state index is 5.84. The summed E-state index contributed by atoms with van der Waals surface area (Å²) in [7, 11) is 0. The second kappa shape index (κ2) is 5.86. The zero-order valence-electron chi connectivity index (χ0n) is 9.96. The van der Waals surface area contributed by atoms with E-state index in [1.807, 2.05) is 0 Å². The second-order valence-electron chi connectivity index (χ2n) is 5.40. The third kappa shape index (κ3) is 3.18. The molecule has 2 unspecified atom stereocenters. The van der Waals surface area contributed by atoms with Crippen LogP contribution in [0, 0.1) is 11.8 Å². The Hall–Kier alpha value is -0.0800. The molecule has 1 aliphatic carbocycles. The first-order valence-corrected chi connectivity index (χ1v) is 6.82. The lowest BCUT2D eigenvalue weighted by Crippen LogP contribution is -2.33. The van der Waals surface area contributed by atoms with E-state index in [1.54, 1.807) is 0 Å². The number of nitrogens with two attached hydrogens (primary N) is 1. The van der Waals surface area contributed by atoms with Crippen molar-refractivity contribution in [2.45, 2.75) is 44.9 Å². The van der Waals surface area contributed by atoms with Gasteiger partial charge in [-0.05, 0) is 57.2 Å². The van der Waals surface area contributed by atoms with Crippen LogP contribution in [0.4, 0.5) is 0 Å². The SMILES string of the molecule is NCC1CCCC1CN1CCCCCC1. The Morgan fingerprint density at radius 1 is 0.867 bits per heavy atom. The fourth-order valence-corrected chi connectivity index (χ4v) is 3.31. The molecule has 2 N–H and O–H groups in total. The Bertz CT molecular complexity index is 173. The molecule has 0 spiro atoms. The maximum Gasteiger partial charge on any atom is 0.00128 e. The predicted octanol–water partition coefficient (Wildman–Crippen LogP) is 2.24. The van der Waals surface area contributed by atoms with Gasteiger partial charge in [0, 0.05) is 6.54 Å². The summed E-state index contributed by atoms with van der Waals surface area (Å²) >= 11 is 0. The molecule has 88 valence electrons. The van der Waals surface area contributed by atoms with Crippen LogP contribution in [0.2, 0.25) is 0 Å². The van der Waals surface area contributed by atoms with Gasteiger partial charge in [-0.2, -0.15) is 0 Å². The number of rotatable bonds is 3. The van der Waals surface area contributed by atoms with E-state index >= 15 is 0 Å². The molecule has 0 aromatic rings. The van der Waals surface area contributed by atoms with Crippen molar-refractivity contribution in [3.05, 3.63) is 0 Å². The number of hydrogen-bond donors (Lipinski definition) is 1. The average Bonchev–Trinajstić information content (AvgIpc) is 2.53. The Morgan fingerprint density at radius 2 is 1.53 bits per heavy atom. The van der Waals surface area contributed by atoms with E-state index in [1.165, 1.54) is 64.6 Å². The highest BCUT2D eigenvalue weighted by atomic mass is 15.1. The Morgan fingerprint density at radius 3 is 2.20 bits per heavy atom. The molecule has 2 rings (SSSR count). The van der Waals surface area contributed by atoms with Crippen molar-refractivity contribution in [3.8, 4) is 0 Å². The van der Waals surface area contributed by atoms with Gasteiger partial charge in [-0.25, -0.2) is 0 Å². The van der Waals surface area contributed by atoms with Gasteiger partial charge in [0.2, 0.25) is 0 Å². The summed E-state index contributed by atoms with van der Waals surface area (Å²) in [6.07, 6.45) is 9.96. The van der Waals surface area contributed by atoms with Gasteiger partial charge in [-0.3, -0.25) is 0 Å². The van der Waals surface area contributed by atoms with E-state index in [0.717, 1.165) is 18.4 Å². The fraction of sp³-hybridized carbons (Fsp3) is 1.00. The smallest absolute Gasteiger partial charge is 0.00128 e. The van der Waals surface area contributed by atoms with Gasteiger partial charge < -0.3 is 10.6 Å². The molecule has 2 fully saturated rings. The zero-order chi connectivity index (χ0) is 10.5. The molecule has 0 aromatic carbocycles.